The van der Waals surface area contributed by atoms with Gasteiger partial charge in [-0.05, 0) is 38.2 Å². The number of carbonyl (C=O) groups is 2. The predicted molar refractivity (Wildman–Crippen MR) is 78.7 cm³/mol. The highest BCUT2D eigenvalue weighted by atomic mass is 35.5. The van der Waals surface area contributed by atoms with E-state index >= 15 is 0 Å². The van der Waals surface area contributed by atoms with Crippen LogP contribution >= 0.6 is 12.4 Å². The van der Waals surface area contributed by atoms with Crippen molar-refractivity contribution in [2.75, 3.05) is 18.9 Å². The van der Waals surface area contributed by atoms with Crippen LogP contribution in [0.1, 0.15) is 6.92 Å². The Morgan fingerprint density at radius 2 is 1.83 bits per heavy atom. The minimum atomic E-state index is -4.78. The van der Waals surface area contributed by atoms with Gasteiger partial charge in [0.2, 0.25) is 5.91 Å². The van der Waals surface area contributed by atoms with Crippen LogP contribution in [0.4, 0.5) is 18.9 Å². The second-order valence-electron chi connectivity index (χ2n) is 4.55. The minimum Gasteiger partial charge on any atom is -0.480 e. The average molecular weight is 357 g/mol. The number of carboxylic acids is 1. The summed E-state index contributed by atoms with van der Waals surface area (Å²) in [4.78, 5) is 23.8. The van der Waals surface area contributed by atoms with E-state index in [9.17, 15) is 22.8 Å². The number of aliphatic carboxylic acids is 1. The Morgan fingerprint density at radius 1 is 1.30 bits per heavy atom. The minimum absolute atomic E-state index is 0. The van der Waals surface area contributed by atoms with Crippen LogP contribution in [0.2, 0.25) is 0 Å². The van der Waals surface area contributed by atoms with Gasteiger partial charge in [-0.3, -0.25) is 14.5 Å². The topological polar surface area (TPSA) is 78.9 Å². The first-order valence-electron chi connectivity index (χ1n) is 6.17. The van der Waals surface area contributed by atoms with Gasteiger partial charge in [0, 0.05) is 5.69 Å². The third-order valence-corrected chi connectivity index (χ3v) is 2.78. The number of alkyl halides is 3. The standard InChI is InChI=1S/C13H15F3N2O4.ClH/c1-8(12(20)21)18(2)7-11(19)17-9-3-5-10(6-4-9)22-13(14,15)16;/h3-6,8H,7H2,1-2H3,(H,17,19)(H,20,21);1H. The molecule has 1 aromatic carbocycles. The molecule has 0 radical (unpaired) electrons. The summed E-state index contributed by atoms with van der Waals surface area (Å²) < 4.78 is 39.7. The molecule has 0 aromatic heterocycles. The summed E-state index contributed by atoms with van der Waals surface area (Å²) in [5.41, 5.74) is 0.274. The Morgan fingerprint density at radius 3 is 2.26 bits per heavy atom. The third kappa shape index (κ3) is 7.71. The molecule has 0 saturated heterocycles. The molecule has 1 aromatic rings. The van der Waals surface area contributed by atoms with Gasteiger partial charge in [0.15, 0.2) is 0 Å². The first-order chi connectivity index (χ1) is 10.1. The Labute approximate surface area is 136 Å². The van der Waals surface area contributed by atoms with Gasteiger partial charge in [-0.15, -0.1) is 25.6 Å². The van der Waals surface area contributed by atoms with Crippen LogP contribution in [-0.4, -0.2) is 47.9 Å². The predicted octanol–water partition coefficient (Wildman–Crippen LogP) is 2.35. The molecule has 130 valence electrons. The van der Waals surface area contributed by atoms with Crippen molar-refractivity contribution < 1.29 is 32.6 Å². The van der Waals surface area contributed by atoms with Crippen LogP contribution in [-0.2, 0) is 9.59 Å². The number of halogens is 4. The number of carbonyl (C=O) groups excluding carboxylic acids is 1. The zero-order chi connectivity index (χ0) is 16.9. The van der Waals surface area contributed by atoms with E-state index in [-0.39, 0.29) is 24.6 Å². The maximum atomic E-state index is 12.0. The molecule has 0 bridgehead atoms. The quantitative estimate of drug-likeness (QED) is 0.818. The van der Waals surface area contributed by atoms with Gasteiger partial charge in [-0.2, -0.15) is 0 Å². The molecule has 0 aliphatic carbocycles. The number of nitrogens with zero attached hydrogens (tertiary/aromatic N) is 1. The van der Waals surface area contributed by atoms with E-state index in [1.165, 1.54) is 31.0 Å². The number of rotatable bonds is 6. The molecular formula is C13H16ClF3N2O4. The largest absolute Gasteiger partial charge is 0.573 e. The van der Waals surface area contributed by atoms with Gasteiger partial charge in [-0.1, -0.05) is 0 Å². The number of likely N-dealkylation sites (N-methyl/N-ethyl adjacent to an activating group) is 1. The normalized spacial score (nSPS) is 12.3. The summed E-state index contributed by atoms with van der Waals surface area (Å²) in [7, 11) is 1.47. The lowest BCUT2D eigenvalue weighted by Gasteiger charge is -2.20. The monoisotopic (exact) mass is 356 g/mol. The first kappa shape index (κ1) is 21.0. The van der Waals surface area contributed by atoms with Gasteiger partial charge in [0.1, 0.15) is 11.8 Å². The van der Waals surface area contributed by atoms with E-state index in [0.717, 1.165) is 12.1 Å². The van der Waals surface area contributed by atoms with Crippen LogP contribution < -0.4 is 10.1 Å². The molecular weight excluding hydrogens is 341 g/mol. The summed E-state index contributed by atoms with van der Waals surface area (Å²) in [6, 6.07) is 3.78. The van der Waals surface area contributed by atoms with Crippen molar-refractivity contribution in [1.82, 2.24) is 4.90 Å². The molecule has 1 rings (SSSR count). The molecule has 0 fully saturated rings. The SMILES string of the molecule is CC(C(=O)O)N(C)CC(=O)Nc1ccc(OC(F)(F)F)cc1.Cl. The summed E-state index contributed by atoms with van der Waals surface area (Å²) >= 11 is 0. The highest BCUT2D eigenvalue weighted by molar-refractivity contribution is 5.92. The summed E-state index contributed by atoms with van der Waals surface area (Å²) in [5, 5.41) is 11.2. The van der Waals surface area contributed by atoms with Gasteiger partial charge < -0.3 is 15.2 Å². The number of amides is 1. The van der Waals surface area contributed by atoms with E-state index in [2.05, 4.69) is 10.1 Å². The van der Waals surface area contributed by atoms with E-state index in [1.807, 2.05) is 0 Å². The number of benzene rings is 1. The van der Waals surface area contributed by atoms with Crippen molar-refractivity contribution >= 4 is 30.0 Å². The molecule has 1 unspecified atom stereocenters. The Bertz CT molecular complexity index is 537. The van der Waals surface area contributed by atoms with E-state index in [0.29, 0.717) is 0 Å². The molecule has 0 saturated carbocycles. The summed E-state index contributed by atoms with van der Waals surface area (Å²) in [6.45, 7) is 1.26. The van der Waals surface area contributed by atoms with Crippen molar-refractivity contribution in [2.24, 2.45) is 0 Å². The third-order valence-electron chi connectivity index (χ3n) is 2.78. The number of hydrogen-bond acceptors (Lipinski definition) is 4. The number of carboxylic acid groups (broad SMARTS) is 1. The molecule has 23 heavy (non-hydrogen) atoms. The summed E-state index contributed by atoms with van der Waals surface area (Å²) in [5.74, 6) is -1.95. The average Bonchev–Trinajstić information content (AvgIpc) is 2.38. The molecule has 2 N–H and O–H groups in total. The number of anilines is 1. The fourth-order valence-corrected chi connectivity index (χ4v) is 1.49. The van der Waals surface area contributed by atoms with Crippen molar-refractivity contribution in [3.8, 4) is 5.75 Å². The number of hydrogen-bond donors (Lipinski definition) is 2. The number of ether oxygens (including phenoxy) is 1. The fourth-order valence-electron chi connectivity index (χ4n) is 1.49. The Balaban J connectivity index is 0.00000484. The van der Waals surface area contributed by atoms with Crippen molar-refractivity contribution in [3.05, 3.63) is 24.3 Å². The highest BCUT2D eigenvalue weighted by Gasteiger charge is 2.31. The van der Waals surface area contributed by atoms with E-state index in [1.54, 1.807) is 0 Å². The van der Waals surface area contributed by atoms with E-state index in [4.69, 9.17) is 5.11 Å². The van der Waals surface area contributed by atoms with Crippen LogP contribution in [0.3, 0.4) is 0 Å². The smallest absolute Gasteiger partial charge is 0.480 e. The Hall–Kier alpha value is -2.00. The first-order valence-corrected chi connectivity index (χ1v) is 6.17. The maximum Gasteiger partial charge on any atom is 0.573 e. The second-order valence-corrected chi connectivity index (χ2v) is 4.55. The molecule has 0 aliphatic rings. The molecule has 10 heteroatoms. The zero-order valence-corrected chi connectivity index (χ0v) is 13.1. The van der Waals surface area contributed by atoms with Crippen LogP contribution in [0, 0.1) is 0 Å². The maximum absolute atomic E-state index is 12.0. The van der Waals surface area contributed by atoms with E-state index < -0.39 is 30.0 Å². The molecule has 0 aliphatic heterocycles. The molecule has 0 heterocycles. The Kier molecular flexibility index (Phi) is 7.84. The zero-order valence-electron chi connectivity index (χ0n) is 12.3. The summed E-state index contributed by atoms with van der Waals surface area (Å²) in [6.07, 6.45) is -4.78. The molecule has 1 atom stereocenters. The second kappa shape index (κ2) is 8.59. The lowest BCUT2D eigenvalue weighted by Crippen LogP contribution is -2.40. The number of nitrogens with one attached hydrogen (secondary N) is 1. The van der Waals surface area contributed by atoms with Crippen molar-refractivity contribution in [2.45, 2.75) is 19.3 Å². The van der Waals surface area contributed by atoms with Crippen molar-refractivity contribution in [1.29, 1.82) is 0 Å². The molecule has 1 amide bonds. The lowest BCUT2D eigenvalue weighted by molar-refractivity contribution is -0.274. The van der Waals surface area contributed by atoms with Crippen molar-refractivity contribution in [3.63, 3.8) is 0 Å². The highest BCUT2D eigenvalue weighted by Crippen LogP contribution is 2.23. The van der Waals surface area contributed by atoms with Crippen LogP contribution in [0.15, 0.2) is 24.3 Å². The lowest BCUT2D eigenvalue weighted by atomic mass is 10.3. The van der Waals surface area contributed by atoms with Crippen LogP contribution in [0.5, 0.6) is 5.75 Å². The van der Waals surface area contributed by atoms with Gasteiger partial charge in [0.05, 0.1) is 6.54 Å². The fraction of sp³-hybridized carbons (Fsp3) is 0.385. The van der Waals surface area contributed by atoms with Gasteiger partial charge in [0.25, 0.3) is 0 Å². The molecule has 6 nitrogen and oxygen atoms in total. The van der Waals surface area contributed by atoms with Gasteiger partial charge >= 0.3 is 12.3 Å². The van der Waals surface area contributed by atoms with Gasteiger partial charge in [-0.25, -0.2) is 0 Å². The molecule has 0 spiro atoms. The van der Waals surface area contributed by atoms with Crippen LogP contribution in [0.25, 0.3) is 0 Å².